The normalized spacial score (nSPS) is 10.6. The van der Waals surface area contributed by atoms with E-state index in [9.17, 15) is 0 Å². The van der Waals surface area contributed by atoms with E-state index in [0.29, 0.717) is 0 Å². The van der Waals surface area contributed by atoms with Crippen LogP contribution in [0.4, 0.5) is 51.2 Å². The average Bonchev–Trinajstić information content (AvgIpc) is 3.52. The number of benzene rings is 12. The van der Waals surface area contributed by atoms with E-state index in [1.54, 1.807) is 0 Å². The molecule has 12 aromatic rings. The fourth-order valence-electron chi connectivity index (χ4n) is 10.2. The Morgan fingerprint density at radius 2 is 0.329 bits per heavy atom. The molecule has 3 heteroatoms. The Morgan fingerprint density at radius 3 is 0.561 bits per heavy atom. The predicted octanol–water partition coefficient (Wildman–Crippen LogP) is 22.6. The van der Waals surface area contributed by atoms with Gasteiger partial charge < -0.3 is 14.7 Å². The van der Waals surface area contributed by atoms with Gasteiger partial charge in [0.15, 0.2) is 0 Å². The molecule has 0 amide bonds. The van der Waals surface area contributed by atoms with Crippen molar-refractivity contribution >= 4 is 51.2 Å². The first-order valence-electron chi connectivity index (χ1n) is 28.3. The van der Waals surface area contributed by atoms with E-state index in [1.807, 2.05) is 18.2 Å². The molecule has 0 unspecified atom stereocenters. The fourth-order valence-corrected chi connectivity index (χ4v) is 10.2. The second-order valence-corrected chi connectivity index (χ2v) is 21.3. The van der Waals surface area contributed by atoms with Crippen molar-refractivity contribution in [3.63, 3.8) is 0 Å². The highest BCUT2D eigenvalue weighted by Gasteiger charge is 2.17. The lowest BCUT2D eigenvalue weighted by Crippen LogP contribution is -2.10. The molecule has 0 aliphatic rings. The van der Waals surface area contributed by atoms with Gasteiger partial charge in [0.2, 0.25) is 0 Å². The molecule has 0 atom stereocenters. The molecule has 0 aliphatic heterocycles. The Labute approximate surface area is 487 Å². The summed E-state index contributed by atoms with van der Waals surface area (Å²) in [5.74, 6) is 0. The standard InChI is InChI=1S/C45H38N2.C27H25N.C7H8/c1-33-15-17-36(18-16-33)37-19-25-41(26-20-37)46(40-11-5-4-6-12-40)42-27-21-38(22-28-42)39-23-29-43(30-24-39)47(44-13-7-9-34(2)31-44)45-14-8-10-35(3)32-45;1-20-10-12-23(13-11-20)24-14-16-25(17-15-24)28(26-8-4-6-21(2)18-26)27-9-5-7-22(3)19-27;1-7-5-3-2-4-6-7/h4-32H,1-3H3;4-19H,1-3H3;2-6H,1H3. The van der Waals surface area contributed by atoms with Crippen LogP contribution < -0.4 is 14.7 Å². The van der Waals surface area contributed by atoms with E-state index in [4.69, 9.17) is 0 Å². The summed E-state index contributed by atoms with van der Waals surface area (Å²) in [6.45, 7) is 14.9. The predicted molar refractivity (Wildman–Crippen MR) is 353 cm³/mol. The van der Waals surface area contributed by atoms with Gasteiger partial charge in [-0.2, -0.15) is 0 Å². The number of rotatable bonds is 12. The molecule has 3 nitrogen and oxygen atoms in total. The Balaban J connectivity index is 0.000000180. The summed E-state index contributed by atoms with van der Waals surface area (Å²) in [5, 5.41) is 0. The van der Waals surface area contributed by atoms with Crippen molar-refractivity contribution in [3.8, 4) is 33.4 Å². The maximum atomic E-state index is 2.33. The first-order valence-corrected chi connectivity index (χ1v) is 28.3. The average molecular weight is 1060 g/mol. The molecular formula is C79H71N3. The maximum Gasteiger partial charge on any atom is 0.0464 e. The number of hydrogen-bond acceptors (Lipinski definition) is 3. The molecule has 82 heavy (non-hydrogen) atoms. The van der Waals surface area contributed by atoms with Gasteiger partial charge >= 0.3 is 0 Å². The summed E-state index contributed by atoms with van der Waals surface area (Å²) in [7, 11) is 0. The molecule has 0 radical (unpaired) electrons. The largest absolute Gasteiger partial charge is 0.311 e. The molecule has 402 valence electrons. The second kappa shape index (κ2) is 26.3. The Hall–Kier alpha value is -9.96. The van der Waals surface area contributed by atoms with E-state index in [0.717, 1.165) is 39.8 Å². The highest BCUT2D eigenvalue weighted by molar-refractivity contribution is 5.83. The van der Waals surface area contributed by atoms with Gasteiger partial charge in [-0.3, -0.25) is 0 Å². The van der Waals surface area contributed by atoms with Gasteiger partial charge in [0.05, 0.1) is 0 Å². The molecule has 0 bridgehead atoms. The van der Waals surface area contributed by atoms with Crippen LogP contribution in [0, 0.1) is 48.5 Å². The minimum Gasteiger partial charge on any atom is -0.311 e. The van der Waals surface area contributed by atoms with Gasteiger partial charge in [-0.1, -0.05) is 211 Å². The van der Waals surface area contributed by atoms with Crippen molar-refractivity contribution in [3.05, 3.63) is 342 Å². The van der Waals surface area contributed by atoms with Gasteiger partial charge in [-0.05, 0) is 213 Å². The lowest BCUT2D eigenvalue weighted by Gasteiger charge is -2.26. The second-order valence-electron chi connectivity index (χ2n) is 21.3. The number of aryl methyl sites for hydroxylation is 7. The van der Waals surface area contributed by atoms with Crippen LogP contribution in [0.2, 0.25) is 0 Å². The number of hydrogen-bond donors (Lipinski definition) is 0. The first-order chi connectivity index (χ1) is 40.0. The zero-order valence-corrected chi connectivity index (χ0v) is 48.2. The molecule has 0 N–H and O–H groups in total. The molecule has 0 fully saturated rings. The number of anilines is 9. The SMILES string of the molecule is Cc1ccc(-c2ccc(N(c3cccc(C)c3)c3cccc(C)c3)cc2)cc1.Cc1ccc(-c2ccc(N(c3ccccc3)c3ccc(-c4ccc(N(c5cccc(C)c5)c5cccc(C)c5)cc4)cc3)cc2)cc1.Cc1ccccc1. The van der Waals surface area contributed by atoms with Crippen LogP contribution in [-0.4, -0.2) is 0 Å². The zero-order valence-electron chi connectivity index (χ0n) is 48.2. The highest BCUT2D eigenvalue weighted by atomic mass is 15.2. The van der Waals surface area contributed by atoms with Crippen LogP contribution in [-0.2, 0) is 0 Å². The lowest BCUT2D eigenvalue weighted by molar-refractivity contribution is 1.26. The molecule has 0 saturated heterocycles. The van der Waals surface area contributed by atoms with Crippen LogP contribution in [0.15, 0.2) is 303 Å². The zero-order chi connectivity index (χ0) is 56.8. The van der Waals surface area contributed by atoms with Crippen molar-refractivity contribution in [2.24, 2.45) is 0 Å². The molecule has 0 aliphatic carbocycles. The Morgan fingerprint density at radius 1 is 0.146 bits per heavy atom. The molecule has 12 rings (SSSR count). The third kappa shape index (κ3) is 14.1. The summed E-state index contributed by atoms with van der Waals surface area (Å²) < 4.78 is 0. The summed E-state index contributed by atoms with van der Waals surface area (Å²) >= 11 is 0. The minimum atomic E-state index is 1.12. The molecule has 0 aromatic heterocycles. The van der Waals surface area contributed by atoms with E-state index in [1.165, 1.54) is 83.7 Å². The van der Waals surface area contributed by atoms with Crippen molar-refractivity contribution in [2.75, 3.05) is 14.7 Å². The van der Waals surface area contributed by atoms with E-state index < -0.39 is 0 Å². The van der Waals surface area contributed by atoms with Crippen LogP contribution in [0.3, 0.4) is 0 Å². The van der Waals surface area contributed by atoms with Crippen LogP contribution in [0.25, 0.3) is 33.4 Å². The Bertz CT molecular complexity index is 3850. The molecule has 0 spiro atoms. The van der Waals surface area contributed by atoms with Gasteiger partial charge in [-0.25, -0.2) is 0 Å². The monoisotopic (exact) mass is 1060 g/mol. The third-order valence-corrected chi connectivity index (χ3v) is 14.6. The first kappa shape index (κ1) is 55.4. The summed E-state index contributed by atoms with van der Waals surface area (Å²) in [4.78, 5) is 6.96. The number of para-hydroxylation sites is 1. The van der Waals surface area contributed by atoms with Crippen molar-refractivity contribution in [1.29, 1.82) is 0 Å². The lowest BCUT2D eigenvalue weighted by atomic mass is 10.0. The van der Waals surface area contributed by atoms with E-state index >= 15 is 0 Å². The van der Waals surface area contributed by atoms with Crippen molar-refractivity contribution in [1.82, 2.24) is 0 Å². The van der Waals surface area contributed by atoms with E-state index in [2.05, 4.69) is 348 Å². The maximum absolute atomic E-state index is 2.33. The van der Waals surface area contributed by atoms with Gasteiger partial charge in [0, 0.05) is 51.2 Å². The summed E-state index contributed by atoms with van der Waals surface area (Å²) in [6.07, 6.45) is 0. The van der Waals surface area contributed by atoms with Crippen molar-refractivity contribution in [2.45, 2.75) is 48.5 Å². The molecular weight excluding hydrogens is 991 g/mol. The van der Waals surface area contributed by atoms with Gasteiger partial charge in [0.25, 0.3) is 0 Å². The molecule has 12 aromatic carbocycles. The summed E-state index contributed by atoms with van der Waals surface area (Å²) in [5.41, 5.74) is 26.5. The van der Waals surface area contributed by atoms with Crippen molar-refractivity contribution < 1.29 is 0 Å². The highest BCUT2D eigenvalue weighted by Crippen LogP contribution is 2.40. The van der Waals surface area contributed by atoms with Gasteiger partial charge in [-0.15, -0.1) is 0 Å². The summed E-state index contributed by atoms with van der Waals surface area (Å²) in [6, 6.07) is 108. The Kier molecular flexibility index (Phi) is 17.8. The third-order valence-electron chi connectivity index (χ3n) is 14.6. The fraction of sp³-hybridized carbons (Fsp3) is 0.0886. The van der Waals surface area contributed by atoms with Crippen LogP contribution >= 0.6 is 0 Å². The molecule has 0 saturated carbocycles. The van der Waals surface area contributed by atoms with Crippen LogP contribution in [0.1, 0.15) is 38.9 Å². The van der Waals surface area contributed by atoms with Crippen LogP contribution in [0.5, 0.6) is 0 Å². The van der Waals surface area contributed by atoms with E-state index in [-0.39, 0.29) is 0 Å². The van der Waals surface area contributed by atoms with Gasteiger partial charge in [0.1, 0.15) is 0 Å². The topological polar surface area (TPSA) is 9.72 Å². The quantitative estimate of drug-likeness (QED) is 0.121. The smallest absolute Gasteiger partial charge is 0.0464 e. The molecule has 0 heterocycles. The minimum absolute atomic E-state index is 1.12. The number of nitrogens with zero attached hydrogens (tertiary/aromatic N) is 3.